The number of aromatic nitrogens is 3. The van der Waals surface area contributed by atoms with Crippen LogP contribution < -0.4 is 10.6 Å². The molecule has 3 rings (SSSR count). The van der Waals surface area contributed by atoms with E-state index in [1.165, 1.54) is 6.20 Å². The van der Waals surface area contributed by atoms with Crippen LogP contribution in [0.4, 0.5) is 16.3 Å². The van der Waals surface area contributed by atoms with Crippen LogP contribution in [0.2, 0.25) is 0 Å². The van der Waals surface area contributed by atoms with Crippen LogP contribution in [-0.2, 0) is 6.54 Å². The Bertz CT molecular complexity index is 892. The number of nitrogens with one attached hydrogen (secondary N) is 2. The van der Waals surface area contributed by atoms with Crippen LogP contribution >= 0.6 is 0 Å². The van der Waals surface area contributed by atoms with E-state index < -0.39 is 12.1 Å². The molecule has 0 saturated heterocycles. The Morgan fingerprint density at radius 2 is 2.00 bits per heavy atom. The molecule has 1 atom stereocenters. The molecular formula is C18H22N6O2. The molecule has 3 aromatic rings. The maximum Gasteiger partial charge on any atom is 0.324 e. The van der Waals surface area contributed by atoms with Crippen molar-refractivity contribution in [1.29, 1.82) is 0 Å². The SMILES string of the molecule is CN(C)CC(O)Cn1cc(NC(=O)Nc2cc3ccccc3cn2)cn1. The van der Waals surface area contributed by atoms with Crippen LogP contribution in [0, 0.1) is 0 Å². The molecule has 2 aromatic heterocycles. The lowest BCUT2D eigenvalue weighted by atomic mass is 10.2. The number of rotatable bonds is 6. The lowest BCUT2D eigenvalue weighted by Crippen LogP contribution is -2.29. The van der Waals surface area contributed by atoms with E-state index in [1.807, 2.05) is 49.3 Å². The number of benzene rings is 1. The topological polar surface area (TPSA) is 95.3 Å². The molecule has 2 heterocycles. The Hall–Kier alpha value is -2.97. The van der Waals surface area contributed by atoms with E-state index in [1.54, 1.807) is 17.1 Å². The maximum atomic E-state index is 12.1. The first-order chi connectivity index (χ1) is 12.5. The molecule has 0 aliphatic carbocycles. The summed E-state index contributed by atoms with van der Waals surface area (Å²) in [6, 6.07) is 9.22. The summed E-state index contributed by atoms with van der Waals surface area (Å²) in [6.45, 7) is 0.893. The summed E-state index contributed by atoms with van der Waals surface area (Å²) in [4.78, 5) is 18.3. The zero-order chi connectivity index (χ0) is 18.5. The Morgan fingerprint density at radius 1 is 1.23 bits per heavy atom. The second-order valence-corrected chi connectivity index (χ2v) is 6.36. The van der Waals surface area contributed by atoms with E-state index in [0.717, 1.165) is 10.8 Å². The molecule has 0 bridgehead atoms. The molecule has 8 nitrogen and oxygen atoms in total. The van der Waals surface area contributed by atoms with Gasteiger partial charge in [-0.1, -0.05) is 24.3 Å². The van der Waals surface area contributed by atoms with Gasteiger partial charge < -0.3 is 15.3 Å². The number of likely N-dealkylation sites (N-methyl/N-ethyl adjacent to an activating group) is 1. The van der Waals surface area contributed by atoms with E-state index >= 15 is 0 Å². The average molecular weight is 354 g/mol. The van der Waals surface area contributed by atoms with E-state index in [0.29, 0.717) is 24.6 Å². The van der Waals surface area contributed by atoms with Crippen molar-refractivity contribution in [3.8, 4) is 0 Å². The minimum atomic E-state index is -0.534. The quantitative estimate of drug-likeness (QED) is 0.629. The van der Waals surface area contributed by atoms with Gasteiger partial charge in [0.2, 0.25) is 0 Å². The molecule has 2 amide bonds. The van der Waals surface area contributed by atoms with Crippen molar-refractivity contribution in [2.24, 2.45) is 0 Å². The van der Waals surface area contributed by atoms with Gasteiger partial charge in [0.05, 0.1) is 24.5 Å². The molecule has 0 aliphatic heterocycles. The van der Waals surface area contributed by atoms with Gasteiger partial charge in [0.15, 0.2) is 0 Å². The van der Waals surface area contributed by atoms with Crippen LogP contribution in [0.5, 0.6) is 0 Å². The van der Waals surface area contributed by atoms with Crippen molar-refractivity contribution >= 4 is 28.3 Å². The third-order valence-corrected chi connectivity index (χ3v) is 3.74. The molecule has 0 radical (unpaired) electrons. The standard InChI is InChI=1S/C18H22N6O2/c1-23(2)11-16(25)12-24-10-15(9-20-24)21-18(26)22-17-7-13-5-3-4-6-14(13)8-19-17/h3-10,16,25H,11-12H2,1-2H3,(H2,19,21,22,26). The highest BCUT2D eigenvalue weighted by Crippen LogP contribution is 2.16. The highest BCUT2D eigenvalue weighted by Gasteiger charge is 2.10. The van der Waals surface area contributed by atoms with Crippen LogP contribution in [0.25, 0.3) is 10.8 Å². The summed E-state index contributed by atoms with van der Waals surface area (Å²) in [5.74, 6) is 0.468. The normalized spacial score (nSPS) is 12.3. The van der Waals surface area contributed by atoms with Crippen molar-refractivity contribution in [2.45, 2.75) is 12.6 Å². The fourth-order valence-electron chi connectivity index (χ4n) is 2.65. The fraction of sp³-hybridized carbons (Fsp3) is 0.278. The largest absolute Gasteiger partial charge is 0.390 e. The first kappa shape index (κ1) is 17.8. The number of fused-ring (bicyclic) bond motifs is 1. The van der Waals surface area contributed by atoms with Crippen LogP contribution in [0.3, 0.4) is 0 Å². The molecule has 26 heavy (non-hydrogen) atoms. The second kappa shape index (κ2) is 7.94. The predicted octanol–water partition coefficient (Wildman–Crippen LogP) is 2.00. The summed E-state index contributed by atoms with van der Waals surface area (Å²) in [6.07, 6.45) is 4.39. The third kappa shape index (κ3) is 4.78. The molecule has 8 heteroatoms. The number of hydrogen-bond donors (Lipinski definition) is 3. The molecule has 0 aliphatic rings. The summed E-state index contributed by atoms with van der Waals surface area (Å²) >= 11 is 0. The number of amides is 2. The van der Waals surface area contributed by atoms with Gasteiger partial charge in [-0.15, -0.1) is 0 Å². The van der Waals surface area contributed by atoms with Gasteiger partial charge in [0, 0.05) is 24.3 Å². The van der Waals surface area contributed by atoms with Gasteiger partial charge in [-0.2, -0.15) is 5.10 Å². The summed E-state index contributed by atoms with van der Waals surface area (Å²) in [5, 5.41) is 21.5. The van der Waals surface area contributed by atoms with Gasteiger partial charge in [0.25, 0.3) is 0 Å². The summed E-state index contributed by atoms with van der Waals surface area (Å²) in [5.41, 5.74) is 0.542. The van der Waals surface area contributed by atoms with Crippen molar-refractivity contribution in [1.82, 2.24) is 19.7 Å². The first-order valence-electron chi connectivity index (χ1n) is 8.27. The smallest absolute Gasteiger partial charge is 0.324 e. The Morgan fingerprint density at radius 3 is 2.77 bits per heavy atom. The summed E-state index contributed by atoms with van der Waals surface area (Å²) < 4.78 is 1.60. The highest BCUT2D eigenvalue weighted by atomic mass is 16.3. The number of pyridine rings is 1. The number of nitrogens with zero attached hydrogens (tertiary/aromatic N) is 4. The number of urea groups is 1. The second-order valence-electron chi connectivity index (χ2n) is 6.36. The number of aliphatic hydroxyl groups is 1. The van der Waals surface area contributed by atoms with Gasteiger partial charge in [0.1, 0.15) is 5.82 Å². The van der Waals surface area contributed by atoms with Gasteiger partial charge in [-0.25, -0.2) is 9.78 Å². The lowest BCUT2D eigenvalue weighted by molar-refractivity contribution is 0.116. The highest BCUT2D eigenvalue weighted by molar-refractivity contribution is 6.00. The van der Waals surface area contributed by atoms with Crippen molar-refractivity contribution in [3.05, 3.63) is 48.9 Å². The molecule has 3 N–H and O–H groups in total. The van der Waals surface area contributed by atoms with Crippen molar-refractivity contribution < 1.29 is 9.90 Å². The van der Waals surface area contributed by atoms with Crippen LogP contribution in [0.15, 0.2) is 48.9 Å². The number of carbonyl (C=O) groups excluding carboxylic acids is 1. The maximum absolute atomic E-state index is 12.1. The Labute approximate surface area is 151 Å². The Balaban J connectivity index is 1.57. The van der Waals surface area contributed by atoms with Gasteiger partial charge in [-0.05, 0) is 25.5 Å². The van der Waals surface area contributed by atoms with Gasteiger partial charge in [-0.3, -0.25) is 10.00 Å². The van der Waals surface area contributed by atoms with Crippen molar-refractivity contribution in [2.75, 3.05) is 31.3 Å². The minimum Gasteiger partial charge on any atom is -0.390 e. The van der Waals surface area contributed by atoms with Crippen LogP contribution in [0.1, 0.15) is 0 Å². The van der Waals surface area contributed by atoms with E-state index in [2.05, 4.69) is 20.7 Å². The number of anilines is 2. The van der Waals surface area contributed by atoms with Crippen LogP contribution in [-0.4, -0.2) is 57.5 Å². The fourth-order valence-corrected chi connectivity index (χ4v) is 2.65. The van der Waals surface area contributed by atoms with Crippen molar-refractivity contribution in [3.63, 3.8) is 0 Å². The molecule has 0 saturated carbocycles. The number of hydrogen-bond acceptors (Lipinski definition) is 5. The zero-order valence-electron chi connectivity index (χ0n) is 14.8. The molecule has 1 aromatic carbocycles. The minimum absolute atomic E-state index is 0.355. The summed E-state index contributed by atoms with van der Waals surface area (Å²) in [7, 11) is 3.79. The lowest BCUT2D eigenvalue weighted by Gasteiger charge is -2.15. The molecule has 0 spiro atoms. The third-order valence-electron chi connectivity index (χ3n) is 3.74. The number of aliphatic hydroxyl groups excluding tert-OH is 1. The molecule has 1 unspecified atom stereocenters. The predicted molar refractivity (Wildman–Crippen MR) is 101 cm³/mol. The van der Waals surface area contributed by atoms with Gasteiger partial charge >= 0.3 is 6.03 Å². The Kier molecular flexibility index (Phi) is 5.45. The molecule has 136 valence electrons. The monoisotopic (exact) mass is 354 g/mol. The molecule has 0 fully saturated rings. The van der Waals surface area contributed by atoms with E-state index in [9.17, 15) is 9.90 Å². The van der Waals surface area contributed by atoms with E-state index in [4.69, 9.17) is 0 Å². The zero-order valence-corrected chi connectivity index (χ0v) is 14.8. The molecular weight excluding hydrogens is 332 g/mol. The number of carbonyl (C=O) groups is 1. The first-order valence-corrected chi connectivity index (χ1v) is 8.27. The average Bonchev–Trinajstić information content (AvgIpc) is 3.00. The van der Waals surface area contributed by atoms with E-state index in [-0.39, 0.29) is 0 Å².